The largest absolute Gasteiger partial charge is 0.469 e. The van der Waals surface area contributed by atoms with E-state index >= 15 is 0 Å². The first kappa shape index (κ1) is 22.6. The van der Waals surface area contributed by atoms with Gasteiger partial charge in [-0.05, 0) is 53.6 Å². The van der Waals surface area contributed by atoms with Gasteiger partial charge in [0.1, 0.15) is 5.76 Å². The van der Waals surface area contributed by atoms with Crippen LogP contribution in [0.4, 0.5) is 0 Å². The number of fused-ring (bicyclic) bond motifs is 2. The van der Waals surface area contributed by atoms with Crippen LogP contribution in [0.2, 0.25) is 0 Å². The fourth-order valence-corrected chi connectivity index (χ4v) is 4.45. The summed E-state index contributed by atoms with van der Waals surface area (Å²) in [6.07, 6.45) is 8.35. The number of hydrogen-bond donors (Lipinski definition) is 0. The van der Waals surface area contributed by atoms with Gasteiger partial charge in [-0.3, -0.25) is 9.59 Å². The third kappa shape index (κ3) is 5.43. The second kappa shape index (κ2) is 10.8. The molecule has 0 unspecified atom stereocenters. The van der Waals surface area contributed by atoms with Gasteiger partial charge >= 0.3 is 5.97 Å². The highest BCUT2D eigenvalue weighted by Crippen LogP contribution is 2.38. The molecule has 0 spiro atoms. The number of nitrogens with zero attached hydrogens (tertiary/aromatic N) is 1. The van der Waals surface area contributed by atoms with Crippen molar-refractivity contribution < 1.29 is 18.7 Å². The quantitative estimate of drug-likeness (QED) is 0.346. The Hall–Kier alpha value is -3.60. The van der Waals surface area contributed by atoms with Gasteiger partial charge in [0.05, 0.1) is 26.0 Å². The zero-order chi connectivity index (χ0) is 23.0. The first-order valence-electron chi connectivity index (χ1n) is 11.4. The van der Waals surface area contributed by atoms with E-state index < -0.39 is 0 Å². The summed E-state index contributed by atoms with van der Waals surface area (Å²) in [5, 5.41) is 0. The molecule has 0 fully saturated rings. The molecule has 1 aliphatic carbocycles. The summed E-state index contributed by atoms with van der Waals surface area (Å²) in [7, 11) is 1.38. The Kier molecular flexibility index (Phi) is 7.40. The van der Waals surface area contributed by atoms with Crippen LogP contribution in [0, 0.1) is 0 Å². The van der Waals surface area contributed by atoms with E-state index in [9.17, 15) is 9.59 Å². The molecule has 1 aromatic heterocycles. The van der Waals surface area contributed by atoms with Crippen molar-refractivity contribution >= 4 is 11.9 Å². The number of esters is 1. The van der Waals surface area contributed by atoms with Gasteiger partial charge in [0, 0.05) is 12.8 Å². The Labute approximate surface area is 194 Å². The predicted molar refractivity (Wildman–Crippen MR) is 126 cm³/mol. The number of allylic oxidation sites excluding steroid dienone is 1. The van der Waals surface area contributed by atoms with Crippen LogP contribution in [-0.4, -0.2) is 23.9 Å². The minimum absolute atomic E-state index is 0.0113. The molecule has 0 atom stereocenters. The summed E-state index contributed by atoms with van der Waals surface area (Å²) < 4.78 is 10.3. The molecule has 5 heteroatoms. The molecule has 0 radical (unpaired) electrons. The topological polar surface area (TPSA) is 59.8 Å². The van der Waals surface area contributed by atoms with Crippen molar-refractivity contribution in [2.45, 2.75) is 44.7 Å². The van der Waals surface area contributed by atoms with Crippen molar-refractivity contribution in [2.75, 3.05) is 7.11 Å². The van der Waals surface area contributed by atoms with E-state index in [2.05, 4.69) is 41.1 Å². The molecular weight excluding hydrogens is 414 g/mol. The Morgan fingerprint density at radius 3 is 2.24 bits per heavy atom. The Bertz CT molecular complexity index is 1070. The highest BCUT2D eigenvalue weighted by Gasteiger charge is 2.31. The summed E-state index contributed by atoms with van der Waals surface area (Å²) in [4.78, 5) is 26.8. The molecule has 0 aliphatic heterocycles. The molecule has 5 nitrogen and oxygen atoms in total. The average molecular weight is 444 g/mol. The fourth-order valence-electron chi connectivity index (χ4n) is 4.45. The number of hydrogen-bond acceptors (Lipinski definition) is 4. The highest BCUT2D eigenvalue weighted by molar-refractivity contribution is 5.79. The minimum Gasteiger partial charge on any atom is -0.469 e. The van der Waals surface area contributed by atoms with Crippen molar-refractivity contribution in [2.24, 2.45) is 0 Å². The number of aryl methyl sites for hydroxylation is 2. The lowest BCUT2D eigenvalue weighted by molar-refractivity contribution is -0.140. The van der Waals surface area contributed by atoms with E-state index in [0.717, 1.165) is 29.7 Å². The third-order valence-corrected chi connectivity index (χ3v) is 6.10. The first-order chi connectivity index (χ1) is 16.2. The maximum atomic E-state index is 13.6. The van der Waals surface area contributed by atoms with E-state index in [-0.39, 0.29) is 24.3 Å². The van der Waals surface area contributed by atoms with E-state index in [1.54, 1.807) is 6.26 Å². The fraction of sp³-hybridized carbons (Fsp3) is 0.286. The normalized spacial score (nSPS) is 13.2. The summed E-state index contributed by atoms with van der Waals surface area (Å²) in [6, 6.07) is 20.4. The van der Waals surface area contributed by atoms with Gasteiger partial charge in [-0.1, -0.05) is 60.7 Å². The number of ether oxygens (including phenoxy) is 1. The summed E-state index contributed by atoms with van der Waals surface area (Å²) in [6.45, 7) is 0.384. The molecule has 1 amide bonds. The Morgan fingerprint density at radius 2 is 1.64 bits per heavy atom. The number of amides is 1. The lowest BCUT2D eigenvalue weighted by Gasteiger charge is -2.33. The lowest BCUT2D eigenvalue weighted by atomic mass is 9.92. The van der Waals surface area contributed by atoms with Crippen molar-refractivity contribution in [3.05, 3.63) is 107 Å². The van der Waals surface area contributed by atoms with Crippen LogP contribution >= 0.6 is 0 Å². The number of carbonyl (C=O) groups is 2. The van der Waals surface area contributed by atoms with Crippen LogP contribution < -0.4 is 0 Å². The van der Waals surface area contributed by atoms with Gasteiger partial charge in [-0.25, -0.2) is 0 Å². The highest BCUT2D eigenvalue weighted by atomic mass is 16.5. The van der Waals surface area contributed by atoms with Crippen molar-refractivity contribution in [3.63, 3.8) is 0 Å². The molecule has 1 aliphatic rings. The zero-order valence-electron chi connectivity index (χ0n) is 18.9. The molecule has 0 saturated heterocycles. The first-order valence-corrected chi connectivity index (χ1v) is 11.4. The van der Waals surface area contributed by atoms with Crippen LogP contribution in [0.25, 0.3) is 0 Å². The van der Waals surface area contributed by atoms with Gasteiger partial charge in [0.25, 0.3) is 0 Å². The maximum absolute atomic E-state index is 13.6. The molecule has 0 bridgehead atoms. The van der Waals surface area contributed by atoms with Crippen molar-refractivity contribution in [1.82, 2.24) is 4.90 Å². The Balaban J connectivity index is 1.66. The van der Waals surface area contributed by atoms with Crippen molar-refractivity contribution in [1.29, 1.82) is 0 Å². The third-order valence-electron chi connectivity index (χ3n) is 6.10. The average Bonchev–Trinajstić information content (AvgIpc) is 3.30. The molecular formula is C28H29NO4. The number of methoxy groups -OCH3 is 1. The number of rotatable bonds is 8. The van der Waals surface area contributed by atoms with Crippen LogP contribution in [0.5, 0.6) is 0 Å². The maximum Gasteiger partial charge on any atom is 0.305 e. The number of benzene rings is 2. The SMILES string of the molecule is COC(=O)CC/C=C/CC(=O)N(Cc1ccco1)C1c2ccccc2CCc2ccccc21. The lowest BCUT2D eigenvalue weighted by Crippen LogP contribution is -2.35. The number of furan rings is 1. The standard InChI is InChI=1S/C28H29NO4/c1-32-27(31)16-4-2-3-15-26(30)29(20-23-12-9-19-33-23)28-24-13-7-5-10-21(24)17-18-22-11-6-8-14-25(22)28/h2-3,5-14,19,28H,4,15-18,20H2,1H3/b3-2+. The second-order valence-corrected chi connectivity index (χ2v) is 8.19. The predicted octanol–water partition coefficient (Wildman–Crippen LogP) is 5.40. The van der Waals surface area contributed by atoms with Gasteiger partial charge in [0.2, 0.25) is 5.91 Å². The number of carbonyl (C=O) groups excluding carboxylic acids is 2. The summed E-state index contributed by atoms with van der Waals surface area (Å²) in [5.41, 5.74) is 4.86. The van der Waals surface area contributed by atoms with Crippen LogP contribution in [0.15, 0.2) is 83.5 Å². The zero-order valence-corrected chi connectivity index (χ0v) is 18.9. The smallest absolute Gasteiger partial charge is 0.305 e. The van der Waals surface area contributed by atoms with Crippen molar-refractivity contribution in [3.8, 4) is 0 Å². The Morgan fingerprint density at radius 1 is 0.970 bits per heavy atom. The molecule has 0 N–H and O–H groups in total. The van der Waals surface area contributed by atoms with Gasteiger partial charge < -0.3 is 14.1 Å². The second-order valence-electron chi connectivity index (χ2n) is 8.19. The van der Waals surface area contributed by atoms with Gasteiger partial charge in [-0.2, -0.15) is 0 Å². The summed E-state index contributed by atoms with van der Waals surface area (Å²) in [5.74, 6) is 0.506. The molecule has 2 aromatic carbocycles. The van der Waals surface area contributed by atoms with Gasteiger partial charge in [0.15, 0.2) is 0 Å². The monoisotopic (exact) mass is 443 g/mol. The van der Waals surface area contributed by atoms with E-state index in [1.807, 2.05) is 41.3 Å². The van der Waals surface area contributed by atoms with E-state index in [4.69, 9.17) is 4.42 Å². The van der Waals surface area contributed by atoms with Gasteiger partial charge in [-0.15, -0.1) is 0 Å². The minimum atomic E-state index is -0.253. The molecule has 3 aromatic rings. The molecule has 4 rings (SSSR count). The van der Waals surface area contributed by atoms with Crippen LogP contribution in [-0.2, 0) is 33.7 Å². The van der Waals surface area contributed by atoms with Crippen LogP contribution in [0.3, 0.4) is 0 Å². The molecule has 170 valence electrons. The molecule has 33 heavy (non-hydrogen) atoms. The molecule has 1 heterocycles. The van der Waals surface area contributed by atoms with E-state index in [0.29, 0.717) is 19.4 Å². The molecule has 0 saturated carbocycles. The van der Waals surface area contributed by atoms with E-state index in [1.165, 1.54) is 18.2 Å². The van der Waals surface area contributed by atoms with Crippen LogP contribution in [0.1, 0.15) is 53.3 Å². The summed E-state index contributed by atoms with van der Waals surface area (Å²) >= 11 is 0.